The molecule has 4 heteroatoms. The molecule has 3 aromatic heterocycles. The van der Waals surface area contributed by atoms with Gasteiger partial charge in [0.05, 0.1) is 17.1 Å². The fraction of sp³-hybridized carbons (Fsp3) is 0.375. The maximum absolute atomic E-state index is 4.64. The fourth-order valence-electron chi connectivity index (χ4n) is 3.13. The Morgan fingerprint density at radius 1 is 0.536 bits per heavy atom. The molecule has 28 heavy (non-hydrogen) atoms. The smallest absolute Gasteiger partial charge is 0.0544 e. The average molecular weight is 375 g/mol. The summed E-state index contributed by atoms with van der Waals surface area (Å²) in [5, 5.41) is 0. The van der Waals surface area contributed by atoms with Gasteiger partial charge in [-0.1, -0.05) is 39.0 Å². The van der Waals surface area contributed by atoms with Gasteiger partial charge in [-0.15, -0.1) is 0 Å². The van der Waals surface area contributed by atoms with Crippen LogP contribution in [0.2, 0.25) is 0 Å². The van der Waals surface area contributed by atoms with Crippen LogP contribution in [0, 0.1) is 0 Å². The zero-order valence-electron chi connectivity index (χ0n) is 17.2. The predicted octanol–water partition coefficient (Wildman–Crippen LogP) is 4.76. The maximum atomic E-state index is 4.64. The highest BCUT2D eigenvalue weighted by Gasteiger charge is 2.11. The maximum Gasteiger partial charge on any atom is 0.0544 e. The lowest BCUT2D eigenvalue weighted by atomic mass is 10.2. The Morgan fingerprint density at radius 3 is 1.07 bits per heavy atom. The second-order valence-corrected chi connectivity index (χ2v) is 7.18. The normalized spacial score (nSPS) is 11.1. The molecule has 0 bridgehead atoms. The number of pyridine rings is 3. The molecule has 0 saturated heterocycles. The molecule has 0 atom stereocenters. The average Bonchev–Trinajstić information content (AvgIpc) is 2.75. The Balaban J connectivity index is 1.76. The SMILES string of the molecule is CCc1ccc(CN(Cc2ccc(CC)cn2)Cc2ccc(CC)cn2)nc1. The van der Waals surface area contributed by atoms with E-state index in [1.54, 1.807) is 0 Å². The molecule has 0 amide bonds. The van der Waals surface area contributed by atoms with Crippen molar-refractivity contribution in [2.45, 2.75) is 59.7 Å². The van der Waals surface area contributed by atoms with E-state index < -0.39 is 0 Å². The molecule has 0 radical (unpaired) electrons. The van der Waals surface area contributed by atoms with Crippen molar-refractivity contribution in [1.82, 2.24) is 19.9 Å². The first-order chi connectivity index (χ1) is 13.7. The van der Waals surface area contributed by atoms with Crippen molar-refractivity contribution in [2.75, 3.05) is 0 Å². The Hall–Kier alpha value is -2.59. The monoisotopic (exact) mass is 374 g/mol. The third-order valence-corrected chi connectivity index (χ3v) is 5.04. The van der Waals surface area contributed by atoms with Gasteiger partial charge in [0.25, 0.3) is 0 Å². The molecule has 0 aliphatic carbocycles. The number of hydrogen-bond acceptors (Lipinski definition) is 4. The van der Waals surface area contributed by atoms with E-state index in [1.807, 2.05) is 18.6 Å². The van der Waals surface area contributed by atoms with Crippen molar-refractivity contribution >= 4 is 0 Å². The highest BCUT2D eigenvalue weighted by molar-refractivity contribution is 5.17. The molecule has 0 saturated carbocycles. The van der Waals surface area contributed by atoms with Gasteiger partial charge >= 0.3 is 0 Å². The number of aryl methyl sites for hydroxylation is 3. The molecule has 3 heterocycles. The van der Waals surface area contributed by atoms with Gasteiger partial charge in [0.1, 0.15) is 0 Å². The van der Waals surface area contributed by atoms with Crippen LogP contribution in [0.5, 0.6) is 0 Å². The Labute approximate surface area is 168 Å². The third-order valence-electron chi connectivity index (χ3n) is 5.04. The summed E-state index contributed by atoms with van der Waals surface area (Å²) in [5.41, 5.74) is 7.03. The summed E-state index contributed by atoms with van der Waals surface area (Å²) < 4.78 is 0. The molecule has 0 aliphatic heterocycles. The van der Waals surface area contributed by atoms with Gasteiger partial charge in [-0.2, -0.15) is 0 Å². The topological polar surface area (TPSA) is 41.9 Å². The molecule has 3 rings (SSSR count). The van der Waals surface area contributed by atoms with Gasteiger partial charge in [-0.3, -0.25) is 19.9 Å². The van der Waals surface area contributed by atoms with Crippen LogP contribution in [0.15, 0.2) is 55.0 Å². The molecule has 146 valence electrons. The van der Waals surface area contributed by atoms with E-state index in [9.17, 15) is 0 Å². The lowest BCUT2D eigenvalue weighted by molar-refractivity contribution is 0.238. The van der Waals surface area contributed by atoms with Crippen LogP contribution in [0.4, 0.5) is 0 Å². The zero-order chi connectivity index (χ0) is 19.8. The van der Waals surface area contributed by atoms with Crippen molar-refractivity contribution in [2.24, 2.45) is 0 Å². The number of hydrogen-bond donors (Lipinski definition) is 0. The van der Waals surface area contributed by atoms with E-state index in [0.717, 1.165) is 56.0 Å². The molecule has 0 unspecified atom stereocenters. The minimum absolute atomic E-state index is 0.776. The summed E-state index contributed by atoms with van der Waals surface area (Å²) in [6, 6.07) is 12.9. The van der Waals surface area contributed by atoms with E-state index in [4.69, 9.17) is 0 Å². The zero-order valence-corrected chi connectivity index (χ0v) is 17.2. The molecule has 0 aliphatic rings. The third kappa shape index (κ3) is 5.70. The van der Waals surface area contributed by atoms with E-state index >= 15 is 0 Å². The van der Waals surface area contributed by atoms with Crippen molar-refractivity contribution in [1.29, 1.82) is 0 Å². The first kappa shape index (κ1) is 20.2. The van der Waals surface area contributed by atoms with Gasteiger partial charge in [0.15, 0.2) is 0 Å². The first-order valence-electron chi connectivity index (χ1n) is 10.2. The Bertz CT molecular complexity index is 722. The number of rotatable bonds is 9. The van der Waals surface area contributed by atoms with Gasteiger partial charge in [-0.05, 0) is 54.2 Å². The van der Waals surface area contributed by atoms with Crippen molar-refractivity contribution in [3.63, 3.8) is 0 Å². The van der Waals surface area contributed by atoms with Crippen molar-refractivity contribution in [3.8, 4) is 0 Å². The second kappa shape index (κ2) is 10.1. The molecular weight excluding hydrogens is 344 g/mol. The molecule has 3 aromatic rings. The van der Waals surface area contributed by atoms with E-state index in [1.165, 1.54) is 16.7 Å². The number of aromatic nitrogens is 3. The summed E-state index contributed by atoms with van der Waals surface area (Å²) in [7, 11) is 0. The minimum Gasteiger partial charge on any atom is -0.286 e. The van der Waals surface area contributed by atoms with Crippen molar-refractivity contribution < 1.29 is 0 Å². The van der Waals surface area contributed by atoms with Crippen LogP contribution in [0.3, 0.4) is 0 Å². The standard InChI is InChI=1S/C24H30N4/c1-4-19-7-10-22(25-13-19)16-28(17-23-11-8-20(5-2)14-26-23)18-24-12-9-21(6-3)15-27-24/h7-15H,4-6,16-18H2,1-3H3. The Morgan fingerprint density at radius 2 is 0.857 bits per heavy atom. The predicted molar refractivity (Wildman–Crippen MR) is 114 cm³/mol. The fourth-order valence-corrected chi connectivity index (χ4v) is 3.13. The van der Waals surface area contributed by atoms with Crippen LogP contribution in [0.1, 0.15) is 54.5 Å². The van der Waals surface area contributed by atoms with Gasteiger partial charge < -0.3 is 0 Å². The highest BCUT2D eigenvalue weighted by atomic mass is 15.1. The van der Waals surface area contributed by atoms with Crippen LogP contribution >= 0.6 is 0 Å². The number of nitrogens with zero attached hydrogens (tertiary/aromatic N) is 4. The Kier molecular flexibility index (Phi) is 7.26. The summed E-state index contributed by atoms with van der Waals surface area (Å²) >= 11 is 0. The van der Waals surface area contributed by atoms with E-state index in [0.29, 0.717) is 0 Å². The largest absolute Gasteiger partial charge is 0.286 e. The minimum atomic E-state index is 0.776. The summed E-state index contributed by atoms with van der Waals surface area (Å²) in [6.07, 6.45) is 8.98. The van der Waals surface area contributed by atoms with Gasteiger partial charge in [-0.25, -0.2) is 0 Å². The highest BCUT2D eigenvalue weighted by Crippen LogP contribution is 2.13. The van der Waals surface area contributed by atoms with Crippen LogP contribution in [-0.2, 0) is 38.9 Å². The van der Waals surface area contributed by atoms with Crippen LogP contribution in [-0.4, -0.2) is 19.9 Å². The quantitative estimate of drug-likeness (QED) is 0.541. The van der Waals surface area contributed by atoms with Gasteiger partial charge in [0.2, 0.25) is 0 Å². The first-order valence-corrected chi connectivity index (χ1v) is 10.2. The summed E-state index contributed by atoms with van der Waals surface area (Å²) in [5.74, 6) is 0. The molecule has 0 spiro atoms. The molecular formula is C24H30N4. The summed E-state index contributed by atoms with van der Waals surface area (Å²) in [4.78, 5) is 16.3. The summed E-state index contributed by atoms with van der Waals surface area (Å²) in [6.45, 7) is 8.79. The molecule has 4 nitrogen and oxygen atoms in total. The lowest BCUT2D eigenvalue weighted by Crippen LogP contribution is -2.24. The lowest BCUT2D eigenvalue weighted by Gasteiger charge is -2.21. The van der Waals surface area contributed by atoms with Crippen molar-refractivity contribution in [3.05, 3.63) is 88.8 Å². The van der Waals surface area contributed by atoms with Crippen LogP contribution in [0.25, 0.3) is 0 Å². The molecule has 0 aromatic carbocycles. The molecule has 0 fully saturated rings. The van der Waals surface area contributed by atoms with Gasteiger partial charge in [0, 0.05) is 38.2 Å². The molecule has 0 N–H and O–H groups in total. The van der Waals surface area contributed by atoms with Crippen LogP contribution < -0.4 is 0 Å². The second-order valence-electron chi connectivity index (χ2n) is 7.18. The van der Waals surface area contributed by atoms with E-state index in [2.05, 4.69) is 77.0 Å². The van der Waals surface area contributed by atoms with E-state index in [-0.39, 0.29) is 0 Å².